The Labute approximate surface area is 136 Å². The van der Waals surface area contributed by atoms with Gasteiger partial charge < -0.3 is 16.0 Å². The van der Waals surface area contributed by atoms with Gasteiger partial charge in [0.15, 0.2) is 0 Å². The molecule has 0 spiro atoms. The van der Waals surface area contributed by atoms with Crippen molar-refractivity contribution >= 4 is 11.8 Å². The Balaban J connectivity index is 1.80. The first-order chi connectivity index (χ1) is 11.0. The number of likely N-dealkylation sites (tertiary alicyclic amines) is 1. The molecule has 1 fully saturated rings. The van der Waals surface area contributed by atoms with Gasteiger partial charge in [0, 0.05) is 31.7 Å². The van der Waals surface area contributed by atoms with Gasteiger partial charge >= 0.3 is 0 Å². The van der Waals surface area contributed by atoms with Crippen molar-refractivity contribution in [2.45, 2.75) is 32.6 Å². The molecular formula is C16H25N5O2. The third-order valence-corrected chi connectivity index (χ3v) is 4.04. The number of carbonyl (C=O) groups is 2. The predicted molar refractivity (Wildman–Crippen MR) is 86.8 cm³/mol. The maximum Gasteiger partial charge on any atom is 0.270 e. The number of rotatable bonds is 6. The van der Waals surface area contributed by atoms with E-state index >= 15 is 0 Å². The van der Waals surface area contributed by atoms with Crippen LogP contribution in [0.1, 0.15) is 48.9 Å². The number of nitrogens with two attached hydrogens (primary N) is 1. The third kappa shape index (κ3) is 4.99. The average molecular weight is 319 g/mol. The molecule has 3 N–H and O–H groups in total. The molecule has 126 valence electrons. The van der Waals surface area contributed by atoms with E-state index in [1.54, 1.807) is 12.3 Å². The lowest BCUT2D eigenvalue weighted by atomic mass is 9.97. The Kier molecular flexibility index (Phi) is 6.04. The van der Waals surface area contributed by atoms with Crippen LogP contribution in [-0.2, 0) is 4.79 Å². The highest BCUT2D eigenvalue weighted by molar-refractivity contribution is 5.92. The Morgan fingerprint density at radius 3 is 2.96 bits per heavy atom. The number of primary amides is 1. The first-order valence-electron chi connectivity index (χ1n) is 8.10. The van der Waals surface area contributed by atoms with Crippen molar-refractivity contribution in [2.24, 2.45) is 11.7 Å². The number of nitrogens with zero attached hydrogens (tertiary/aromatic N) is 3. The van der Waals surface area contributed by atoms with Crippen LogP contribution < -0.4 is 11.1 Å². The summed E-state index contributed by atoms with van der Waals surface area (Å²) in [5, 5.41) is 2.87. The maximum absolute atomic E-state index is 12.1. The zero-order chi connectivity index (χ0) is 16.8. The molecule has 0 saturated carbocycles. The van der Waals surface area contributed by atoms with Crippen molar-refractivity contribution in [1.82, 2.24) is 20.2 Å². The summed E-state index contributed by atoms with van der Waals surface area (Å²) in [7, 11) is 0. The van der Waals surface area contributed by atoms with E-state index in [-0.39, 0.29) is 23.7 Å². The zero-order valence-corrected chi connectivity index (χ0v) is 13.8. The van der Waals surface area contributed by atoms with Crippen molar-refractivity contribution in [2.75, 3.05) is 26.2 Å². The van der Waals surface area contributed by atoms with Crippen LogP contribution in [0.2, 0.25) is 0 Å². The van der Waals surface area contributed by atoms with Crippen LogP contribution in [-0.4, -0.2) is 52.9 Å². The van der Waals surface area contributed by atoms with E-state index in [1.807, 2.05) is 13.8 Å². The van der Waals surface area contributed by atoms with Gasteiger partial charge in [-0.3, -0.25) is 9.59 Å². The molecule has 2 heterocycles. The van der Waals surface area contributed by atoms with Crippen molar-refractivity contribution in [1.29, 1.82) is 0 Å². The molecular weight excluding hydrogens is 294 g/mol. The SMILES string of the molecule is CC(C)c1nccc(C(=O)NCCN2CCC[C@@H](C(N)=O)C2)n1. The zero-order valence-electron chi connectivity index (χ0n) is 13.8. The fourth-order valence-corrected chi connectivity index (χ4v) is 2.69. The molecule has 7 heteroatoms. The lowest BCUT2D eigenvalue weighted by Crippen LogP contribution is -2.44. The fourth-order valence-electron chi connectivity index (χ4n) is 2.69. The first kappa shape index (κ1) is 17.3. The van der Waals surface area contributed by atoms with Crippen LogP contribution in [0.25, 0.3) is 0 Å². The van der Waals surface area contributed by atoms with Gasteiger partial charge in [-0.2, -0.15) is 0 Å². The molecule has 0 unspecified atom stereocenters. The normalized spacial score (nSPS) is 18.8. The van der Waals surface area contributed by atoms with Crippen LogP contribution in [0.4, 0.5) is 0 Å². The summed E-state index contributed by atoms with van der Waals surface area (Å²) >= 11 is 0. The summed E-state index contributed by atoms with van der Waals surface area (Å²) < 4.78 is 0. The third-order valence-electron chi connectivity index (χ3n) is 4.04. The van der Waals surface area contributed by atoms with E-state index in [1.165, 1.54) is 0 Å². The summed E-state index contributed by atoms with van der Waals surface area (Å²) in [6, 6.07) is 1.62. The van der Waals surface area contributed by atoms with Crippen LogP contribution in [0.5, 0.6) is 0 Å². The first-order valence-corrected chi connectivity index (χ1v) is 8.10. The van der Waals surface area contributed by atoms with E-state index in [2.05, 4.69) is 20.2 Å². The van der Waals surface area contributed by atoms with Crippen molar-refractivity contribution in [3.63, 3.8) is 0 Å². The number of piperidine rings is 1. The Morgan fingerprint density at radius 1 is 1.48 bits per heavy atom. The molecule has 7 nitrogen and oxygen atoms in total. The van der Waals surface area contributed by atoms with Gasteiger partial charge in [0.05, 0.1) is 5.92 Å². The fraction of sp³-hybridized carbons (Fsp3) is 0.625. The van der Waals surface area contributed by atoms with Gasteiger partial charge in [0.1, 0.15) is 11.5 Å². The van der Waals surface area contributed by atoms with Crippen LogP contribution in [0.3, 0.4) is 0 Å². The molecule has 2 amide bonds. The Bertz CT molecular complexity index is 561. The highest BCUT2D eigenvalue weighted by atomic mass is 16.2. The minimum absolute atomic E-state index is 0.0742. The number of amides is 2. The molecule has 1 saturated heterocycles. The molecule has 1 aliphatic rings. The van der Waals surface area contributed by atoms with Gasteiger partial charge in [-0.25, -0.2) is 9.97 Å². The van der Waals surface area contributed by atoms with Gasteiger partial charge in [0.25, 0.3) is 5.91 Å². The number of aromatic nitrogens is 2. The van der Waals surface area contributed by atoms with E-state index in [9.17, 15) is 9.59 Å². The second kappa shape index (κ2) is 8.01. The number of hydrogen-bond acceptors (Lipinski definition) is 5. The second-order valence-electron chi connectivity index (χ2n) is 6.25. The summed E-state index contributed by atoms with van der Waals surface area (Å²) in [5.41, 5.74) is 5.76. The van der Waals surface area contributed by atoms with Crippen molar-refractivity contribution in [3.05, 3.63) is 23.8 Å². The van der Waals surface area contributed by atoms with E-state index < -0.39 is 0 Å². The summed E-state index contributed by atoms with van der Waals surface area (Å²) in [5.74, 6) is 0.341. The van der Waals surface area contributed by atoms with Crippen LogP contribution in [0, 0.1) is 5.92 Å². The minimum atomic E-state index is -0.235. The van der Waals surface area contributed by atoms with Gasteiger partial charge in [-0.05, 0) is 25.5 Å². The molecule has 23 heavy (non-hydrogen) atoms. The minimum Gasteiger partial charge on any atom is -0.369 e. The summed E-state index contributed by atoms with van der Waals surface area (Å²) in [6.45, 7) is 6.81. The highest BCUT2D eigenvalue weighted by Crippen LogP contribution is 2.15. The molecule has 1 atom stereocenters. The quantitative estimate of drug-likeness (QED) is 0.796. The van der Waals surface area contributed by atoms with E-state index in [0.717, 1.165) is 19.4 Å². The molecule has 1 aliphatic heterocycles. The Morgan fingerprint density at radius 2 is 2.26 bits per heavy atom. The van der Waals surface area contributed by atoms with Crippen molar-refractivity contribution < 1.29 is 9.59 Å². The predicted octanol–water partition coefficient (Wildman–Crippen LogP) is 0.527. The second-order valence-corrected chi connectivity index (χ2v) is 6.25. The Hall–Kier alpha value is -2.02. The standard InChI is InChI=1S/C16H25N5O2/c1-11(2)15-18-6-5-13(20-15)16(23)19-7-9-21-8-3-4-12(10-21)14(17)22/h5-6,11-12H,3-4,7-10H2,1-2H3,(H2,17,22)(H,19,23)/t12-/m1/s1. The average Bonchev–Trinajstić information content (AvgIpc) is 2.55. The molecule has 0 aliphatic carbocycles. The number of nitrogens with one attached hydrogen (secondary N) is 1. The number of hydrogen-bond donors (Lipinski definition) is 2. The maximum atomic E-state index is 12.1. The topological polar surface area (TPSA) is 101 Å². The molecule has 1 aromatic heterocycles. The summed E-state index contributed by atoms with van der Waals surface area (Å²) in [4.78, 5) is 34.0. The molecule has 0 radical (unpaired) electrons. The largest absolute Gasteiger partial charge is 0.369 e. The van der Waals surface area contributed by atoms with Crippen molar-refractivity contribution in [3.8, 4) is 0 Å². The molecule has 0 aromatic carbocycles. The molecule has 0 bridgehead atoms. The van der Waals surface area contributed by atoms with Gasteiger partial charge in [-0.1, -0.05) is 13.8 Å². The monoisotopic (exact) mass is 319 g/mol. The summed E-state index contributed by atoms with van der Waals surface area (Å²) in [6.07, 6.45) is 3.43. The van der Waals surface area contributed by atoms with Gasteiger partial charge in [-0.15, -0.1) is 0 Å². The smallest absolute Gasteiger partial charge is 0.270 e. The van der Waals surface area contributed by atoms with E-state index in [4.69, 9.17) is 5.73 Å². The van der Waals surface area contributed by atoms with Crippen LogP contribution >= 0.6 is 0 Å². The van der Waals surface area contributed by atoms with Crippen LogP contribution in [0.15, 0.2) is 12.3 Å². The molecule has 1 aromatic rings. The number of carbonyl (C=O) groups excluding carboxylic acids is 2. The van der Waals surface area contributed by atoms with Gasteiger partial charge in [0.2, 0.25) is 5.91 Å². The highest BCUT2D eigenvalue weighted by Gasteiger charge is 2.23. The molecule has 2 rings (SSSR count). The van der Waals surface area contributed by atoms with E-state index in [0.29, 0.717) is 31.2 Å². The lowest BCUT2D eigenvalue weighted by molar-refractivity contribution is -0.123. The lowest BCUT2D eigenvalue weighted by Gasteiger charge is -2.31.